The number of carbonyl (C=O) groups excluding carboxylic acids is 1. The van der Waals surface area contributed by atoms with Gasteiger partial charge < -0.3 is 24.8 Å². The molecule has 0 aliphatic carbocycles. The maximum absolute atomic E-state index is 12.9. The van der Waals surface area contributed by atoms with Gasteiger partial charge in [-0.15, -0.1) is 6.58 Å². The molecule has 0 amide bonds. The minimum atomic E-state index is -0.757. The molecule has 2 aromatic carbocycles. The molecule has 0 saturated carbocycles. The van der Waals surface area contributed by atoms with Gasteiger partial charge in [0, 0.05) is 11.6 Å². The Labute approximate surface area is 157 Å². The third-order valence-electron chi connectivity index (χ3n) is 4.59. The van der Waals surface area contributed by atoms with Crippen molar-refractivity contribution in [2.24, 2.45) is 0 Å². The number of ketones is 1. The zero-order valence-corrected chi connectivity index (χ0v) is 15.2. The molecule has 0 spiro atoms. The fourth-order valence-corrected chi connectivity index (χ4v) is 3.03. The Kier molecular flexibility index (Phi) is 5.10. The smallest absolute Gasteiger partial charge is 0.202 e. The quantitative estimate of drug-likeness (QED) is 0.391. The van der Waals surface area contributed by atoms with Gasteiger partial charge in [-0.1, -0.05) is 17.7 Å². The second kappa shape index (κ2) is 7.32. The number of allylic oxidation sites excluding steroid dienone is 1. The number of Topliss-reactive ketones (excluding diaryl/α,β-unsaturated/α-hetero) is 1. The molecule has 1 fully saturated rings. The number of phenols is 3. The third-order valence-corrected chi connectivity index (χ3v) is 4.59. The predicted octanol–water partition coefficient (Wildman–Crippen LogP) is 3.64. The van der Waals surface area contributed by atoms with E-state index < -0.39 is 18.0 Å². The Morgan fingerprint density at radius 2 is 1.89 bits per heavy atom. The molecular formula is C21H22O6. The summed E-state index contributed by atoms with van der Waals surface area (Å²) in [6.07, 6.45) is -0.288. The van der Waals surface area contributed by atoms with Crippen molar-refractivity contribution in [2.45, 2.75) is 32.0 Å². The fourth-order valence-electron chi connectivity index (χ4n) is 3.03. The van der Waals surface area contributed by atoms with Crippen molar-refractivity contribution in [3.8, 4) is 23.0 Å². The molecule has 0 aromatic heterocycles. The summed E-state index contributed by atoms with van der Waals surface area (Å²) in [5, 5.41) is 30.2. The summed E-state index contributed by atoms with van der Waals surface area (Å²) in [4.78, 5) is 12.9. The Morgan fingerprint density at radius 1 is 1.22 bits per heavy atom. The van der Waals surface area contributed by atoms with E-state index in [-0.39, 0.29) is 34.1 Å². The van der Waals surface area contributed by atoms with Gasteiger partial charge in [0.1, 0.15) is 34.7 Å². The number of aromatic hydroxyl groups is 3. The summed E-state index contributed by atoms with van der Waals surface area (Å²) in [5.74, 6) is -0.623. The number of hydrogen-bond donors (Lipinski definition) is 3. The SMILES string of the molecule is C=C(C)CCc1c(O)cc(OC)c(C(=O)[C@H]2O[C@@H]2c2ccc(O)cc2)c1O. The van der Waals surface area contributed by atoms with Crippen LogP contribution in [0, 0.1) is 0 Å². The first-order chi connectivity index (χ1) is 12.8. The highest BCUT2D eigenvalue weighted by molar-refractivity contribution is 6.06. The van der Waals surface area contributed by atoms with Crippen molar-refractivity contribution in [3.63, 3.8) is 0 Å². The van der Waals surface area contributed by atoms with Crippen LogP contribution in [0.4, 0.5) is 0 Å². The van der Waals surface area contributed by atoms with Crippen LogP contribution in [0.1, 0.15) is 40.9 Å². The topological polar surface area (TPSA) is 99.5 Å². The maximum atomic E-state index is 12.9. The van der Waals surface area contributed by atoms with Gasteiger partial charge in [0.05, 0.1) is 7.11 Å². The van der Waals surface area contributed by atoms with Crippen molar-refractivity contribution in [2.75, 3.05) is 7.11 Å². The molecule has 2 atom stereocenters. The lowest BCUT2D eigenvalue weighted by Crippen LogP contribution is -2.11. The third kappa shape index (κ3) is 3.75. The molecule has 6 nitrogen and oxygen atoms in total. The first-order valence-electron chi connectivity index (χ1n) is 8.58. The van der Waals surface area contributed by atoms with Gasteiger partial charge >= 0.3 is 0 Å². The summed E-state index contributed by atoms with van der Waals surface area (Å²) in [6, 6.07) is 7.73. The van der Waals surface area contributed by atoms with Crippen LogP contribution in [0.15, 0.2) is 42.5 Å². The molecule has 3 N–H and O–H groups in total. The summed E-state index contributed by atoms with van der Waals surface area (Å²) >= 11 is 0. The molecule has 0 unspecified atom stereocenters. The van der Waals surface area contributed by atoms with Crippen molar-refractivity contribution in [3.05, 3.63) is 59.2 Å². The van der Waals surface area contributed by atoms with E-state index in [2.05, 4.69) is 6.58 Å². The minimum absolute atomic E-state index is 0.00158. The van der Waals surface area contributed by atoms with E-state index in [0.29, 0.717) is 12.8 Å². The van der Waals surface area contributed by atoms with E-state index in [9.17, 15) is 20.1 Å². The van der Waals surface area contributed by atoms with E-state index in [4.69, 9.17) is 9.47 Å². The number of methoxy groups -OCH3 is 1. The van der Waals surface area contributed by atoms with Crippen LogP contribution >= 0.6 is 0 Å². The molecule has 0 bridgehead atoms. The zero-order chi connectivity index (χ0) is 19.7. The lowest BCUT2D eigenvalue weighted by Gasteiger charge is -2.15. The van der Waals surface area contributed by atoms with E-state index in [0.717, 1.165) is 11.1 Å². The number of benzene rings is 2. The Morgan fingerprint density at radius 3 is 2.48 bits per heavy atom. The lowest BCUT2D eigenvalue weighted by molar-refractivity contribution is 0.0947. The Hall–Kier alpha value is -2.99. The standard InChI is InChI=1S/C21H22O6/c1-11(2)4-9-14-15(23)10-16(26-3)17(18(14)24)19(25)21-20(27-21)12-5-7-13(22)8-6-12/h5-8,10,20-24H,1,4,9H2,2-3H3/t20-,21-/m1/s1. The van der Waals surface area contributed by atoms with E-state index >= 15 is 0 Å². The normalized spacial score (nSPS) is 18.1. The molecule has 1 saturated heterocycles. The van der Waals surface area contributed by atoms with Crippen molar-refractivity contribution in [1.29, 1.82) is 0 Å². The summed E-state index contributed by atoms with van der Waals surface area (Å²) < 4.78 is 10.7. The molecule has 2 aromatic rings. The fraction of sp³-hybridized carbons (Fsp3) is 0.286. The second-order valence-electron chi connectivity index (χ2n) is 6.69. The molecule has 1 aliphatic heterocycles. The largest absolute Gasteiger partial charge is 0.508 e. The summed E-state index contributed by atoms with van der Waals surface area (Å²) in [6.45, 7) is 5.67. The number of rotatable bonds is 7. The highest BCUT2D eigenvalue weighted by Gasteiger charge is 2.48. The average molecular weight is 370 g/mol. The number of carbonyl (C=O) groups is 1. The van der Waals surface area contributed by atoms with Crippen LogP contribution in [0.3, 0.4) is 0 Å². The summed E-state index contributed by atoms with van der Waals surface area (Å²) in [7, 11) is 1.36. The van der Waals surface area contributed by atoms with Crippen LogP contribution in [0.25, 0.3) is 0 Å². The van der Waals surface area contributed by atoms with Gasteiger partial charge in [-0.25, -0.2) is 0 Å². The van der Waals surface area contributed by atoms with Crippen LogP contribution in [-0.2, 0) is 11.2 Å². The van der Waals surface area contributed by atoms with Gasteiger partial charge in [0.25, 0.3) is 0 Å². The zero-order valence-electron chi connectivity index (χ0n) is 15.2. The van der Waals surface area contributed by atoms with Gasteiger partial charge in [0.15, 0.2) is 6.10 Å². The molecule has 1 heterocycles. The first-order valence-corrected chi connectivity index (χ1v) is 8.58. The molecule has 3 rings (SSSR count). The van der Waals surface area contributed by atoms with Gasteiger partial charge in [-0.05, 0) is 37.5 Å². The molecule has 142 valence electrons. The molecule has 0 radical (unpaired) electrons. The highest BCUT2D eigenvalue weighted by atomic mass is 16.6. The monoisotopic (exact) mass is 370 g/mol. The van der Waals surface area contributed by atoms with E-state index in [1.807, 2.05) is 6.92 Å². The molecule has 6 heteroatoms. The van der Waals surface area contributed by atoms with E-state index in [1.165, 1.54) is 25.3 Å². The first kappa shape index (κ1) is 18.8. The lowest BCUT2D eigenvalue weighted by atomic mass is 9.95. The number of hydrogen-bond acceptors (Lipinski definition) is 6. The van der Waals surface area contributed by atoms with Crippen LogP contribution < -0.4 is 4.74 Å². The van der Waals surface area contributed by atoms with Crippen LogP contribution in [0.5, 0.6) is 23.0 Å². The van der Waals surface area contributed by atoms with Crippen molar-refractivity contribution in [1.82, 2.24) is 0 Å². The highest BCUT2D eigenvalue weighted by Crippen LogP contribution is 2.46. The second-order valence-corrected chi connectivity index (χ2v) is 6.69. The maximum Gasteiger partial charge on any atom is 0.202 e. The molecule has 1 aliphatic rings. The van der Waals surface area contributed by atoms with Crippen molar-refractivity contribution >= 4 is 5.78 Å². The minimum Gasteiger partial charge on any atom is -0.508 e. The van der Waals surface area contributed by atoms with Gasteiger partial charge in [-0.3, -0.25) is 4.79 Å². The van der Waals surface area contributed by atoms with E-state index in [1.54, 1.807) is 12.1 Å². The molecular weight excluding hydrogens is 348 g/mol. The Balaban J connectivity index is 1.90. The van der Waals surface area contributed by atoms with Gasteiger partial charge in [-0.2, -0.15) is 0 Å². The van der Waals surface area contributed by atoms with Crippen molar-refractivity contribution < 1.29 is 29.6 Å². The van der Waals surface area contributed by atoms with Crippen LogP contribution in [0.2, 0.25) is 0 Å². The number of phenolic OH excluding ortho intramolecular Hbond substituents is 3. The molecule has 27 heavy (non-hydrogen) atoms. The number of ether oxygens (including phenoxy) is 2. The summed E-state index contributed by atoms with van der Waals surface area (Å²) in [5.41, 5.74) is 1.93. The van der Waals surface area contributed by atoms with Gasteiger partial charge in [0.2, 0.25) is 5.78 Å². The van der Waals surface area contributed by atoms with Crippen LogP contribution in [-0.4, -0.2) is 34.3 Å². The average Bonchev–Trinajstić information content (AvgIpc) is 3.41. The Bertz CT molecular complexity index is 885. The predicted molar refractivity (Wildman–Crippen MR) is 99.5 cm³/mol. The number of epoxide rings is 1.